The van der Waals surface area contributed by atoms with Gasteiger partial charge >= 0.3 is 0 Å². The number of thiophene rings is 1. The molecule has 0 fully saturated rings. The van der Waals surface area contributed by atoms with Crippen molar-refractivity contribution in [1.82, 2.24) is 10.3 Å². The minimum atomic E-state index is 0.0120. The number of rotatable bonds is 5. The smallest absolute Gasteiger partial charge is 0.261 e. The van der Waals surface area contributed by atoms with E-state index < -0.39 is 0 Å². The number of thiazole rings is 1. The lowest BCUT2D eigenvalue weighted by atomic mass is 10.1. The van der Waals surface area contributed by atoms with Crippen molar-refractivity contribution >= 4 is 38.8 Å². The molecule has 0 unspecified atom stereocenters. The highest BCUT2D eigenvalue weighted by Crippen LogP contribution is 2.34. The fourth-order valence-electron chi connectivity index (χ4n) is 2.11. The van der Waals surface area contributed by atoms with E-state index in [1.165, 1.54) is 16.0 Å². The van der Waals surface area contributed by atoms with Gasteiger partial charge in [-0.05, 0) is 36.6 Å². The number of carbonyl (C=O) groups excluding carboxylic acids is 1. The second-order valence-electron chi connectivity index (χ2n) is 5.59. The highest BCUT2D eigenvalue weighted by molar-refractivity contribution is 7.26. The summed E-state index contributed by atoms with van der Waals surface area (Å²) in [6.45, 7) is 5.04. The second kappa shape index (κ2) is 6.58. The second-order valence-corrected chi connectivity index (χ2v) is 7.70. The molecule has 1 amide bonds. The maximum Gasteiger partial charge on any atom is 0.261 e. The van der Waals surface area contributed by atoms with E-state index in [0.29, 0.717) is 5.92 Å². The van der Waals surface area contributed by atoms with Crippen LogP contribution in [0.2, 0.25) is 0 Å². The number of nitrogens with zero attached hydrogens (tertiary/aromatic N) is 1. The van der Waals surface area contributed by atoms with Crippen LogP contribution in [0.4, 0.5) is 0 Å². The first kappa shape index (κ1) is 15.2. The van der Waals surface area contributed by atoms with E-state index in [9.17, 15) is 4.79 Å². The number of carbonyl (C=O) groups is 1. The molecule has 2 heterocycles. The predicted molar refractivity (Wildman–Crippen MR) is 94.7 cm³/mol. The molecule has 114 valence electrons. The summed E-state index contributed by atoms with van der Waals surface area (Å²) in [4.78, 5) is 18.6. The van der Waals surface area contributed by atoms with Crippen LogP contribution in [0.5, 0.6) is 0 Å². The topological polar surface area (TPSA) is 42.0 Å². The van der Waals surface area contributed by atoms with Crippen LogP contribution in [-0.4, -0.2) is 17.4 Å². The summed E-state index contributed by atoms with van der Waals surface area (Å²) in [5.41, 5.74) is 1.01. The molecule has 3 rings (SSSR count). The summed E-state index contributed by atoms with van der Waals surface area (Å²) >= 11 is 3.17. The molecule has 0 aliphatic heterocycles. The van der Waals surface area contributed by atoms with Crippen molar-refractivity contribution in [3.8, 4) is 9.88 Å². The van der Waals surface area contributed by atoms with E-state index >= 15 is 0 Å². The van der Waals surface area contributed by atoms with Crippen LogP contribution in [0.15, 0.2) is 36.4 Å². The van der Waals surface area contributed by atoms with Crippen LogP contribution in [0.1, 0.15) is 29.9 Å². The summed E-state index contributed by atoms with van der Waals surface area (Å²) in [6.07, 6.45) is 1.00. The van der Waals surface area contributed by atoms with Gasteiger partial charge in [0.2, 0.25) is 0 Å². The van der Waals surface area contributed by atoms with Crippen molar-refractivity contribution in [3.05, 3.63) is 41.3 Å². The van der Waals surface area contributed by atoms with Crippen LogP contribution in [0.25, 0.3) is 20.1 Å². The van der Waals surface area contributed by atoms with Gasteiger partial charge in [0.05, 0.1) is 20.0 Å². The van der Waals surface area contributed by atoms with Crippen molar-refractivity contribution in [3.63, 3.8) is 0 Å². The number of nitrogens with one attached hydrogen (secondary N) is 1. The Hall–Kier alpha value is -1.72. The van der Waals surface area contributed by atoms with Gasteiger partial charge in [0.25, 0.3) is 5.91 Å². The molecule has 0 atom stereocenters. The zero-order valence-electron chi connectivity index (χ0n) is 12.6. The molecule has 0 saturated heterocycles. The van der Waals surface area contributed by atoms with Gasteiger partial charge in [-0.2, -0.15) is 0 Å². The standard InChI is InChI=1S/C17H18N2OS2/c1-11(2)9-10-18-16(20)14-7-8-15(21-14)17-19-12-5-3-4-6-13(12)22-17/h3-8,11H,9-10H2,1-2H3,(H,18,20). The number of para-hydroxylation sites is 1. The Morgan fingerprint density at radius 2 is 2.00 bits per heavy atom. The lowest BCUT2D eigenvalue weighted by Crippen LogP contribution is -2.24. The van der Waals surface area contributed by atoms with Gasteiger partial charge in [0.15, 0.2) is 0 Å². The Bertz CT molecular complexity index is 756. The highest BCUT2D eigenvalue weighted by atomic mass is 32.1. The summed E-state index contributed by atoms with van der Waals surface area (Å²) in [5.74, 6) is 0.611. The number of hydrogen-bond donors (Lipinski definition) is 1. The molecule has 5 heteroatoms. The third-order valence-electron chi connectivity index (χ3n) is 3.34. The van der Waals surface area contributed by atoms with Crippen molar-refractivity contribution in [2.24, 2.45) is 5.92 Å². The molecule has 2 aromatic heterocycles. The average molecular weight is 330 g/mol. The summed E-state index contributed by atoms with van der Waals surface area (Å²) in [7, 11) is 0. The SMILES string of the molecule is CC(C)CCNC(=O)c1ccc(-c2nc3ccccc3s2)s1. The van der Waals surface area contributed by atoms with Crippen molar-refractivity contribution in [2.45, 2.75) is 20.3 Å². The van der Waals surface area contributed by atoms with Gasteiger partial charge < -0.3 is 5.32 Å². The van der Waals surface area contributed by atoms with Crippen LogP contribution >= 0.6 is 22.7 Å². The number of aromatic nitrogens is 1. The number of benzene rings is 1. The highest BCUT2D eigenvalue weighted by Gasteiger charge is 2.12. The van der Waals surface area contributed by atoms with Crippen LogP contribution in [0.3, 0.4) is 0 Å². The van der Waals surface area contributed by atoms with Gasteiger partial charge in [0.1, 0.15) is 5.01 Å². The molecule has 0 saturated carbocycles. The first-order valence-electron chi connectivity index (χ1n) is 7.37. The van der Waals surface area contributed by atoms with E-state index in [0.717, 1.165) is 33.2 Å². The first-order valence-corrected chi connectivity index (χ1v) is 9.01. The Morgan fingerprint density at radius 3 is 2.77 bits per heavy atom. The van der Waals surface area contributed by atoms with Gasteiger partial charge in [-0.1, -0.05) is 26.0 Å². The lowest BCUT2D eigenvalue weighted by Gasteiger charge is -2.05. The van der Waals surface area contributed by atoms with E-state index in [4.69, 9.17) is 0 Å². The number of hydrogen-bond acceptors (Lipinski definition) is 4. The largest absolute Gasteiger partial charge is 0.351 e. The monoisotopic (exact) mass is 330 g/mol. The molecule has 0 radical (unpaired) electrons. The van der Waals surface area contributed by atoms with E-state index in [1.807, 2.05) is 30.3 Å². The average Bonchev–Trinajstić information content (AvgIpc) is 3.13. The zero-order chi connectivity index (χ0) is 15.5. The third-order valence-corrected chi connectivity index (χ3v) is 5.63. The first-order chi connectivity index (χ1) is 10.6. The van der Waals surface area contributed by atoms with Crippen molar-refractivity contribution in [1.29, 1.82) is 0 Å². The predicted octanol–water partition coefficient (Wildman–Crippen LogP) is 4.80. The molecule has 0 aliphatic carbocycles. The van der Waals surface area contributed by atoms with E-state index in [1.54, 1.807) is 11.3 Å². The Labute approximate surface area is 138 Å². The summed E-state index contributed by atoms with van der Waals surface area (Å²) in [5, 5.41) is 3.96. The molecule has 22 heavy (non-hydrogen) atoms. The van der Waals surface area contributed by atoms with Crippen molar-refractivity contribution < 1.29 is 4.79 Å². The fraction of sp³-hybridized carbons (Fsp3) is 0.294. The lowest BCUT2D eigenvalue weighted by molar-refractivity contribution is 0.0956. The molecule has 0 aliphatic rings. The van der Waals surface area contributed by atoms with E-state index in [2.05, 4.69) is 30.2 Å². The quantitative estimate of drug-likeness (QED) is 0.730. The fourth-order valence-corrected chi connectivity index (χ4v) is 4.06. The summed E-state index contributed by atoms with van der Waals surface area (Å²) in [6, 6.07) is 12.0. The molecule has 3 nitrogen and oxygen atoms in total. The minimum Gasteiger partial charge on any atom is -0.351 e. The third kappa shape index (κ3) is 3.36. The normalized spacial score (nSPS) is 11.2. The van der Waals surface area contributed by atoms with Gasteiger partial charge in [-0.25, -0.2) is 4.98 Å². The van der Waals surface area contributed by atoms with Crippen LogP contribution < -0.4 is 5.32 Å². The van der Waals surface area contributed by atoms with Gasteiger partial charge in [0, 0.05) is 6.54 Å². The molecule has 1 N–H and O–H groups in total. The Balaban J connectivity index is 1.74. The number of amides is 1. The Kier molecular flexibility index (Phi) is 4.55. The van der Waals surface area contributed by atoms with Crippen LogP contribution in [-0.2, 0) is 0 Å². The van der Waals surface area contributed by atoms with Crippen LogP contribution in [0, 0.1) is 5.92 Å². The molecular formula is C17H18N2OS2. The summed E-state index contributed by atoms with van der Waals surface area (Å²) < 4.78 is 1.17. The molecule has 0 bridgehead atoms. The van der Waals surface area contributed by atoms with E-state index in [-0.39, 0.29) is 5.91 Å². The maximum atomic E-state index is 12.1. The number of fused-ring (bicyclic) bond motifs is 1. The van der Waals surface area contributed by atoms with Gasteiger partial charge in [-0.15, -0.1) is 22.7 Å². The molecule has 3 aromatic rings. The minimum absolute atomic E-state index is 0.0120. The van der Waals surface area contributed by atoms with Crippen molar-refractivity contribution in [2.75, 3.05) is 6.54 Å². The molecular weight excluding hydrogens is 312 g/mol. The Morgan fingerprint density at radius 1 is 1.18 bits per heavy atom. The molecule has 0 spiro atoms. The zero-order valence-corrected chi connectivity index (χ0v) is 14.3. The molecule has 1 aromatic carbocycles. The van der Waals surface area contributed by atoms with Gasteiger partial charge in [-0.3, -0.25) is 4.79 Å². The maximum absolute atomic E-state index is 12.1.